The van der Waals surface area contributed by atoms with Crippen LogP contribution >= 0.6 is 0 Å². The lowest BCUT2D eigenvalue weighted by molar-refractivity contribution is -0.146. The van der Waals surface area contributed by atoms with Crippen LogP contribution in [0.5, 0.6) is 0 Å². The van der Waals surface area contributed by atoms with Crippen molar-refractivity contribution in [3.8, 4) is 0 Å². The predicted molar refractivity (Wildman–Crippen MR) is 70.6 cm³/mol. The molecule has 0 spiro atoms. The largest absolute Gasteiger partial charge is 0.401 e. The maximum Gasteiger partial charge on any atom is 0.401 e. The van der Waals surface area contributed by atoms with Gasteiger partial charge in [0.15, 0.2) is 0 Å². The van der Waals surface area contributed by atoms with Gasteiger partial charge in [-0.15, -0.1) is 0 Å². The summed E-state index contributed by atoms with van der Waals surface area (Å²) in [5, 5.41) is 0. The fourth-order valence-electron chi connectivity index (χ4n) is 2.87. The third-order valence-corrected chi connectivity index (χ3v) is 3.95. The third-order valence-electron chi connectivity index (χ3n) is 3.95. The van der Waals surface area contributed by atoms with Gasteiger partial charge in [0.25, 0.3) is 5.91 Å². The second-order valence-corrected chi connectivity index (χ2v) is 5.63. The average Bonchev–Trinajstić information content (AvgIpc) is 2.77. The fourth-order valence-corrected chi connectivity index (χ4v) is 2.87. The number of carbonyl (C=O) groups excluding carboxylic acids is 1. The van der Waals surface area contributed by atoms with Crippen molar-refractivity contribution < 1.29 is 22.7 Å². The molecule has 2 heterocycles. The van der Waals surface area contributed by atoms with Crippen LogP contribution in [0.3, 0.4) is 0 Å². The van der Waals surface area contributed by atoms with Crippen molar-refractivity contribution in [2.75, 3.05) is 39.3 Å². The Bertz CT molecular complexity index is 365. The van der Waals surface area contributed by atoms with Crippen molar-refractivity contribution in [2.24, 2.45) is 5.73 Å². The lowest BCUT2D eigenvalue weighted by atomic mass is 10.2. The number of rotatable bonds is 3. The first-order valence-electron chi connectivity index (χ1n) is 7.32. The van der Waals surface area contributed by atoms with Crippen LogP contribution in [-0.2, 0) is 9.53 Å². The zero-order chi connectivity index (χ0) is 15.5. The number of halogens is 3. The van der Waals surface area contributed by atoms with E-state index in [1.54, 1.807) is 4.90 Å². The van der Waals surface area contributed by atoms with Gasteiger partial charge in [0.2, 0.25) is 0 Å². The van der Waals surface area contributed by atoms with Crippen molar-refractivity contribution in [1.29, 1.82) is 0 Å². The Morgan fingerprint density at radius 1 is 1.19 bits per heavy atom. The van der Waals surface area contributed by atoms with E-state index in [1.165, 1.54) is 4.90 Å². The molecule has 122 valence electrons. The Balaban J connectivity index is 1.84. The molecule has 0 saturated carbocycles. The molecule has 2 saturated heterocycles. The Hall–Kier alpha value is -0.860. The van der Waals surface area contributed by atoms with Gasteiger partial charge < -0.3 is 15.4 Å². The molecule has 2 N–H and O–H groups in total. The number of carbonyl (C=O) groups is 1. The van der Waals surface area contributed by atoms with Gasteiger partial charge in [-0.1, -0.05) is 0 Å². The summed E-state index contributed by atoms with van der Waals surface area (Å²) in [6, 6.07) is 0. The smallest absolute Gasteiger partial charge is 0.364 e. The van der Waals surface area contributed by atoms with E-state index in [0.29, 0.717) is 39.0 Å². The summed E-state index contributed by atoms with van der Waals surface area (Å²) in [5.41, 5.74) is 5.51. The van der Waals surface area contributed by atoms with Crippen LogP contribution in [0, 0.1) is 0 Å². The zero-order valence-corrected chi connectivity index (χ0v) is 11.9. The summed E-state index contributed by atoms with van der Waals surface area (Å²) >= 11 is 0. The van der Waals surface area contributed by atoms with Crippen LogP contribution in [0.1, 0.15) is 19.3 Å². The topological polar surface area (TPSA) is 58.8 Å². The highest BCUT2D eigenvalue weighted by Gasteiger charge is 2.35. The van der Waals surface area contributed by atoms with E-state index in [1.807, 2.05) is 0 Å². The highest BCUT2D eigenvalue weighted by Crippen LogP contribution is 2.22. The minimum absolute atomic E-state index is 0.0762. The minimum Gasteiger partial charge on any atom is -0.364 e. The predicted octanol–water partition coefficient (Wildman–Crippen LogP) is 0.589. The molecule has 0 aromatic heterocycles. The number of ether oxygens (including phenoxy) is 1. The fraction of sp³-hybridized carbons (Fsp3) is 0.923. The van der Waals surface area contributed by atoms with Crippen molar-refractivity contribution in [2.45, 2.75) is 37.6 Å². The quantitative estimate of drug-likeness (QED) is 0.829. The molecule has 0 radical (unpaired) electrons. The van der Waals surface area contributed by atoms with Crippen molar-refractivity contribution in [3.05, 3.63) is 0 Å². The molecule has 2 rings (SSSR count). The second-order valence-electron chi connectivity index (χ2n) is 5.63. The van der Waals surface area contributed by atoms with Gasteiger partial charge in [-0.3, -0.25) is 9.69 Å². The van der Waals surface area contributed by atoms with Crippen molar-refractivity contribution in [1.82, 2.24) is 9.80 Å². The molecule has 8 heteroatoms. The molecule has 21 heavy (non-hydrogen) atoms. The molecule has 2 fully saturated rings. The molecular weight excluding hydrogens is 287 g/mol. The Morgan fingerprint density at radius 3 is 2.57 bits per heavy atom. The van der Waals surface area contributed by atoms with Gasteiger partial charge in [0.05, 0.1) is 12.6 Å². The molecule has 1 amide bonds. The Kier molecular flexibility index (Phi) is 5.45. The number of alkyl halides is 3. The van der Waals surface area contributed by atoms with E-state index in [9.17, 15) is 18.0 Å². The minimum atomic E-state index is -4.19. The molecule has 0 unspecified atom stereocenters. The van der Waals surface area contributed by atoms with Crippen LogP contribution in [0.4, 0.5) is 13.2 Å². The molecule has 5 nitrogen and oxygen atoms in total. The number of hydrogen-bond acceptors (Lipinski definition) is 4. The third kappa shape index (κ3) is 4.82. The average molecular weight is 309 g/mol. The number of nitrogens with zero attached hydrogens (tertiary/aromatic N) is 2. The summed E-state index contributed by atoms with van der Waals surface area (Å²) in [6.07, 6.45) is -2.79. The van der Waals surface area contributed by atoms with Gasteiger partial charge in [0.1, 0.15) is 6.10 Å². The normalized spacial score (nSPS) is 28.7. The highest BCUT2D eigenvalue weighted by atomic mass is 19.4. The van der Waals surface area contributed by atoms with Crippen molar-refractivity contribution in [3.63, 3.8) is 0 Å². The lowest BCUT2D eigenvalue weighted by Gasteiger charge is -2.25. The van der Waals surface area contributed by atoms with E-state index in [4.69, 9.17) is 10.5 Å². The molecule has 0 aliphatic carbocycles. The number of hydrogen-bond donors (Lipinski definition) is 1. The molecule has 0 aromatic rings. The molecule has 2 aliphatic heterocycles. The molecule has 0 bridgehead atoms. The van der Waals surface area contributed by atoms with Gasteiger partial charge in [-0.25, -0.2) is 0 Å². The van der Waals surface area contributed by atoms with Gasteiger partial charge in [0, 0.05) is 32.7 Å². The van der Waals surface area contributed by atoms with Crippen molar-refractivity contribution >= 4 is 5.91 Å². The maximum absolute atomic E-state index is 12.4. The zero-order valence-electron chi connectivity index (χ0n) is 11.9. The first-order chi connectivity index (χ1) is 9.89. The van der Waals surface area contributed by atoms with Gasteiger partial charge >= 0.3 is 6.18 Å². The van der Waals surface area contributed by atoms with Crippen LogP contribution in [0.2, 0.25) is 0 Å². The van der Waals surface area contributed by atoms with Crippen LogP contribution in [-0.4, -0.2) is 73.4 Å². The van der Waals surface area contributed by atoms with E-state index in [2.05, 4.69) is 0 Å². The number of nitrogens with two attached hydrogens (primary N) is 1. The first-order valence-corrected chi connectivity index (χ1v) is 7.32. The summed E-state index contributed by atoms with van der Waals surface area (Å²) in [4.78, 5) is 15.3. The van der Waals surface area contributed by atoms with Crippen LogP contribution in [0.25, 0.3) is 0 Å². The molecule has 0 aromatic carbocycles. The Labute approximate surface area is 122 Å². The molecule has 2 atom stereocenters. The van der Waals surface area contributed by atoms with Gasteiger partial charge in [-0.05, 0) is 19.3 Å². The summed E-state index contributed by atoms with van der Waals surface area (Å²) in [6.45, 7) is 0.897. The highest BCUT2D eigenvalue weighted by molar-refractivity contribution is 5.81. The lowest BCUT2D eigenvalue weighted by Crippen LogP contribution is -2.42. The van der Waals surface area contributed by atoms with E-state index < -0.39 is 18.8 Å². The van der Waals surface area contributed by atoms with Crippen LogP contribution < -0.4 is 5.73 Å². The maximum atomic E-state index is 12.4. The monoisotopic (exact) mass is 309 g/mol. The summed E-state index contributed by atoms with van der Waals surface area (Å²) in [7, 11) is 0. The van der Waals surface area contributed by atoms with Gasteiger partial charge in [-0.2, -0.15) is 13.2 Å². The summed E-state index contributed by atoms with van der Waals surface area (Å²) in [5.74, 6) is -0.111. The first kappa shape index (κ1) is 16.5. The molecule has 2 aliphatic rings. The Morgan fingerprint density at radius 2 is 1.95 bits per heavy atom. The number of amides is 1. The molecular formula is C13H22F3N3O2. The summed E-state index contributed by atoms with van der Waals surface area (Å²) < 4.78 is 42.8. The van der Waals surface area contributed by atoms with E-state index in [-0.39, 0.29) is 18.6 Å². The standard InChI is InChI=1S/C13H22F3N3O2/c14-13(15,16)9-18-4-1-5-19(7-6-18)12(20)11-3-2-10(8-17)21-11/h10-11H,1-9,17H2/t10-,11+/m1/s1. The second kappa shape index (κ2) is 6.93. The van der Waals surface area contributed by atoms with Crippen LogP contribution in [0.15, 0.2) is 0 Å². The van der Waals surface area contributed by atoms with E-state index in [0.717, 1.165) is 6.42 Å². The SMILES string of the molecule is NC[C@H]1CC[C@@H](C(=O)N2CCCN(CC(F)(F)F)CC2)O1. The van der Waals surface area contributed by atoms with E-state index >= 15 is 0 Å².